The quantitative estimate of drug-likeness (QED) is 0.145. The lowest BCUT2D eigenvalue weighted by molar-refractivity contribution is -0.117. The van der Waals surface area contributed by atoms with Gasteiger partial charge >= 0.3 is 5.97 Å². The Kier molecular flexibility index (Phi) is 16.4. The van der Waals surface area contributed by atoms with Gasteiger partial charge in [-0.2, -0.15) is 5.06 Å². The molecule has 1 aromatic rings. The van der Waals surface area contributed by atoms with Gasteiger partial charge in [0, 0.05) is 26.2 Å². The molecule has 0 spiro atoms. The van der Waals surface area contributed by atoms with E-state index < -0.39 is 0 Å². The molecule has 0 bridgehead atoms. The van der Waals surface area contributed by atoms with E-state index in [1.807, 2.05) is 6.07 Å². The Morgan fingerprint density at radius 3 is 2.03 bits per heavy atom. The normalized spacial score (nSPS) is 16.2. The first-order valence-electron chi connectivity index (χ1n) is 15.2. The van der Waals surface area contributed by atoms with Gasteiger partial charge in [0.2, 0.25) is 0 Å². The maximum atomic E-state index is 12.8. The number of rotatable bonds is 20. The topological polar surface area (TPSA) is 71.5 Å². The molecule has 1 aromatic carbocycles. The zero-order chi connectivity index (χ0) is 27.6. The number of benzene rings is 1. The summed E-state index contributed by atoms with van der Waals surface area (Å²) in [5.74, 6) is 2.05. The number of hydrogen-bond acceptors (Lipinski definition) is 7. The Morgan fingerprint density at radius 2 is 1.45 bits per heavy atom. The third-order valence-electron chi connectivity index (χ3n) is 7.67. The fourth-order valence-electron chi connectivity index (χ4n) is 4.73. The van der Waals surface area contributed by atoms with E-state index in [9.17, 15) is 10.0 Å². The van der Waals surface area contributed by atoms with Crippen LogP contribution in [0, 0.1) is 11.8 Å². The number of hydroxylamine groups is 2. The zero-order valence-corrected chi connectivity index (χ0v) is 24.6. The molecule has 218 valence electrons. The smallest absolute Gasteiger partial charge is 0.338 e. The first-order chi connectivity index (χ1) is 18.5. The monoisotopic (exact) mass is 534 g/mol. The van der Waals surface area contributed by atoms with Crippen molar-refractivity contribution in [3.8, 4) is 11.5 Å². The summed E-state index contributed by atoms with van der Waals surface area (Å²) in [6, 6.07) is 5.46. The van der Waals surface area contributed by atoms with Gasteiger partial charge in [0.05, 0.1) is 25.4 Å². The SMILES string of the molecule is CCCCC(CC)COc1ccc(C(=O)OCCCCN2CCN(O)CC2)cc1OCC(CC)CCCC. The summed E-state index contributed by atoms with van der Waals surface area (Å²) >= 11 is 0. The van der Waals surface area contributed by atoms with Gasteiger partial charge in [0.1, 0.15) is 0 Å². The second-order valence-corrected chi connectivity index (χ2v) is 10.8. The van der Waals surface area contributed by atoms with Crippen molar-refractivity contribution in [3.05, 3.63) is 23.8 Å². The van der Waals surface area contributed by atoms with Crippen LogP contribution in [0.25, 0.3) is 0 Å². The second-order valence-electron chi connectivity index (χ2n) is 10.8. The van der Waals surface area contributed by atoms with Crippen LogP contribution in [0.4, 0.5) is 0 Å². The molecular weight excluding hydrogens is 480 g/mol. The summed E-state index contributed by atoms with van der Waals surface area (Å²) in [7, 11) is 0. The highest BCUT2D eigenvalue weighted by molar-refractivity contribution is 5.90. The lowest BCUT2D eigenvalue weighted by Gasteiger charge is -2.30. The molecule has 2 rings (SSSR count). The molecule has 7 heteroatoms. The maximum Gasteiger partial charge on any atom is 0.338 e. The first-order valence-corrected chi connectivity index (χ1v) is 15.2. The minimum absolute atomic E-state index is 0.317. The van der Waals surface area contributed by atoms with Gasteiger partial charge in [-0.15, -0.1) is 0 Å². The number of carbonyl (C=O) groups excluding carboxylic acids is 1. The fraction of sp³-hybridized carbons (Fsp3) is 0.774. The van der Waals surface area contributed by atoms with Gasteiger partial charge in [-0.3, -0.25) is 0 Å². The van der Waals surface area contributed by atoms with E-state index in [-0.39, 0.29) is 5.97 Å². The van der Waals surface area contributed by atoms with Crippen LogP contribution >= 0.6 is 0 Å². The first kappa shape index (κ1) is 32.4. The molecular formula is C31H54N2O5. The Bertz CT molecular complexity index is 767. The van der Waals surface area contributed by atoms with Gasteiger partial charge in [-0.05, 0) is 62.3 Å². The van der Waals surface area contributed by atoms with Gasteiger partial charge in [0.25, 0.3) is 0 Å². The van der Waals surface area contributed by atoms with Crippen LogP contribution < -0.4 is 9.47 Å². The molecule has 0 aliphatic carbocycles. The average Bonchev–Trinajstić information content (AvgIpc) is 2.94. The van der Waals surface area contributed by atoms with Crippen molar-refractivity contribution in [1.29, 1.82) is 0 Å². The van der Waals surface area contributed by atoms with E-state index in [4.69, 9.17) is 14.2 Å². The predicted molar refractivity (Wildman–Crippen MR) is 153 cm³/mol. The summed E-state index contributed by atoms with van der Waals surface area (Å²) < 4.78 is 18.1. The molecule has 2 unspecified atom stereocenters. The minimum Gasteiger partial charge on any atom is -0.489 e. The molecule has 1 aliphatic heterocycles. The zero-order valence-electron chi connectivity index (χ0n) is 24.6. The number of nitrogens with zero attached hydrogens (tertiary/aromatic N) is 2. The van der Waals surface area contributed by atoms with Crippen molar-refractivity contribution in [2.24, 2.45) is 11.8 Å². The Balaban J connectivity index is 1.93. The highest BCUT2D eigenvalue weighted by Gasteiger charge is 2.17. The number of ether oxygens (including phenoxy) is 3. The van der Waals surface area contributed by atoms with Crippen molar-refractivity contribution < 1.29 is 24.2 Å². The van der Waals surface area contributed by atoms with E-state index in [2.05, 4.69) is 32.6 Å². The second kappa shape index (κ2) is 19.3. The van der Waals surface area contributed by atoms with E-state index in [0.717, 1.165) is 51.7 Å². The molecule has 0 aromatic heterocycles. The van der Waals surface area contributed by atoms with Crippen molar-refractivity contribution >= 4 is 5.97 Å². The predicted octanol–water partition coefficient (Wildman–Crippen LogP) is 6.82. The Morgan fingerprint density at radius 1 is 0.842 bits per heavy atom. The molecule has 1 heterocycles. The van der Waals surface area contributed by atoms with Crippen molar-refractivity contribution in [2.75, 3.05) is 52.5 Å². The van der Waals surface area contributed by atoms with Gasteiger partial charge in [-0.1, -0.05) is 66.2 Å². The minimum atomic E-state index is -0.317. The van der Waals surface area contributed by atoms with Crippen LogP contribution in [0.15, 0.2) is 18.2 Å². The molecule has 38 heavy (non-hydrogen) atoms. The van der Waals surface area contributed by atoms with E-state index in [0.29, 0.717) is 61.8 Å². The molecule has 1 N–H and O–H groups in total. The lowest BCUT2D eigenvalue weighted by atomic mass is 10.0. The lowest BCUT2D eigenvalue weighted by Crippen LogP contribution is -2.44. The van der Waals surface area contributed by atoms with E-state index >= 15 is 0 Å². The average molecular weight is 535 g/mol. The fourth-order valence-corrected chi connectivity index (χ4v) is 4.73. The highest BCUT2D eigenvalue weighted by Crippen LogP contribution is 2.31. The maximum absolute atomic E-state index is 12.8. The van der Waals surface area contributed by atoms with Crippen LogP contribution in [-0.2, 0) is 4.74 Å². The van der Waals surface area contributed by atoms with Crippen LogP contribution in [0.3, 0.4) is 0 Å². The number of unbranched alkanes of at least 4 members (excludes halogenated alkanes) is 3. The van der Waals surface area contributed by atoms with Crippen molar-refractivity contribution in [1.82, 2.24) is 9.96 Å². The summed E-state index contributed by atoms with van der Waals surface area (Å²) in [6.07, 6.45) is 11.1. The molecule has 1 saturated heterocycles. The summed E-state index contributed by atoms with van der Waals surface area (Å²) in [5, 5.41) is 10.8. The third kappa shape index (κ3) is 12.4. The molecule has 2 atom stereocenters. The molecule has 1 aliphatic rings. The summed E-state index contributed by atoms with van der Waals surface area (Å²) in [4.78, 5) is 15.2. The third-order valence-corrected chi connectivity index (χ3v) is 7.67. The molecule has 0 saturated carbocycles. The van der Waals surface area contributed by atoms with E-state index in [1.165, 1.54) is 37.2 Å². The number of esters is 1. The van der Waals surface area contributed by atoms with Crippen LogP contribution in [0.2, 0.25) is 0 Å². The van der Waals surface area contributed by atoms with Crippen molar-refractivity contribution in [2.45, 2.75) is 91.9 Å². The van der Waals surface area contributed by atoms with Crippen LogP contribution in [0.5, 0.6) is 11.5 Å². The number of piperazine rings is 1. The van der Waals surface area contributed by atoms with Gasteiger partial charge < -0.3 is 24.3 Å². The molecule has 0 amide bonds. The number of hydrogen-bond donors (Lipinski definition) is 1. The standard InChI is InChI=1S/C31H54N2O5/c1-5-9-13-26(7-3)24-37-29-16-15-28(23-30(29)38-25-27(8-4)14-10-6-2)31(34)36-22-12-11-17-32-18-20-33(35)21-19-32/h15-16,23,26-27,35H,5-14,17-22,24-25H2,1-4H3. The molecule has 7 nitrogen and oxygen atoms in total. The highest BCUT2D eigenvalue weighted by atomic mass is 16.5. The Hall–Kier alpha value is -1.83. The van der Waals surface area contributed by atoms with Crippen LogP contribution in [-0.4, -0.2) is 73.7 Å². The van der Waals surface area contributed by atoms with Crippen LogP contribution in [0.1, 0.15) is 102 Å². The Labute approximate surface area is 231 Å². The van der Waals surface area contributed by atoms with Crippen molar-refractivity contribution in [3.63, 3.8) is 0 Å². The number of carbonyl (C=O) groups is 1. The van der Waals surface area contributed by atoms with Gasteiger partial charge in [0.15, 0.2) is 11.5 Å². The molecule has 1 fully saturated rings. The van der Waals surface area contributed by atoms with E-state index in [1.54, 1.807) is 12.1 Å². The summed E-state index contributed by atoms with van der Waals surface area (Å²) in [5.41, 5.74) is 0.506. The van der Waals surface area contributed by atoms with Gasteiger partial charge in [-0.25, -0.2) is 4.79 Å². The summed E-state index contributed by atoms with van der Waals surface area (Å²) in [6.45, 7) is 14.7. The molecule has 0 radical (unpaired) electrons. The largest absolute Gasteiger partial charge is 0.489 e.